The number of nitrogens with zero attached hydrogens (tertiary/aromatic N) is 1. The molecule has 0 aliphatic carbocycles. The number of anilines is 2. The molecule has 1 aliphatic rings. The molecule has 4 aromatic rings. The Kier molecular flexibility index (Phi) is 5.05. The summed E-state index contributed by atoms with van der Waals surface area (Å²) in [4.78, 5) is 30.0. The normalized spacial score (nSPS) is 12.3. The molecule has 0 atom stereocenters. The van der Waals surface area contributed by atoms with Crippen LogP contribution in [0, 0.1) is 6.92 Å². The van der Waals surface area contributed by atoms with Crippen molar-refractivity contribution in [3.05, 3.63) is 69.8 Å². The van der Waals surface area contributed by atoms with E-state index in [0.29, 0.717) is 21.6 Å². The number of fused-ring (bicyclic) bond motifs is 1. The molecule has 2 N–H and O–H groups in total. The number of carbonyl (C=O) groups excluding carboxylic acids is 2. The van der Waals surface area contributed by atoms with E-state index in [-0.39, 0.29) is 17.6 Å². The van der Waals surface area contributed by atoms with Crippen LogP contribution in [0.25, 0.3) is 11.3 Å². The molecule has 7 nitrogen and oxygen atoms in total. The molecule has 0 unspecified atom stereocenters. The van der Waals surface area contributed by atoms with Gasteiger partial charge in [-0.2, -0.15) is 0 Å². The van der Waals surface area contributed by atoms with Gasteiger partial charge < -0.3 is 14.5 Å². The van der Waals surface area contributed by atoms with Gasteiger partial charge in [0.15, 0.2) is 10.9 Å². The Morgan fingerprint density at radius 1 is 1.13 bits per heavy atom. The van der Waals surface area contributed by atoms with Crippen LogP contribution in [0.1, 0.15) is 31.4 Å². The first-order chi connectivity index (χ1) is 15.1. The van der Waals surface area contributed by atoms with Crippen molar-refractivity contribution in [2.75, 3.05) is 17.2 Å². The van der Waals surface area contributed by atoms with Crippen LogP contribution in [0.2, 0.25) is 0 Å². The van der Waals surface area contributed by atoms with Crippen molar-refractivity contribution in [3.8, 4) is 17.0 Å². The van der Waals surface area contributed by atoms with Crippen molar-refractivity contribution in [1.82, 2.24) is 4.98 Å². The highest BCUT2D eigenvalue weighted by Crippen LogP contribution is 2.33. The molecule has 0 bridgehead atoms. The lowest BCUT2D eigenvalue weighted by Gasteiger charge is -2.02. The largest absolute Gasteiger partial charge is 0.493 e. The van der Waals surface area contributed by atoms with Crippen LogP contribution in [0.15, 0.2) is 52.5 Å². The fraction of sp³-hybridized carbons (Fsp3) is 0.136. The highest BCUT2D eigenvalue weighted by atomic mass is 32.1. The molecular formula is C22H17N3O4S2. The molecule has 0 radical (unpaired) electrons. The van der Waals surface area contributed by atoms with Gasteiger partial charge in [-0.3, -0.25) is 14.9 Å². The predicted octanol–water partition coefficient (Wildman–Crippen LogP) is 5.21. The fourth-order valence-corrected chi connectivity index (χ4v) is 4.99. The van der Waals surface area contributed by atoms with E-state index >= 15 is 0 Å². The summed E-state index contributed by atoms with van der Waals surface area (Å²) < 4.78 is 10.6. The maximum absolute atomic E-state index is 12.8. The summed E-state index contributed by atoms with van der Waals surface area (Å²) in [6, 6.07) is 11.0. The van der Waals surface area contributed by atoms with Crippen molar-refractivity contribution in [3.63, 3.8) is 0 Å². The first kappa shape index (κ1) is 19.5. The molecule has 156 valence electrons. The molecule has 2 amide bonds. The predicted molar refractivity (Wildman–Crippen MR) is 120 cm³/mol. The Bertz CT molecular complexity index is 1270. The molecular weight excluding hydrogens is 434 g/mol. The SMILES string of the molecule is Cc1cc(NC(=O)c2ccco2)sc1C(=O)Nc1nc(-c2ccc3c(c2)CCO3)cs1. The number of aryl methyl sites for hydroxylation is 1. The summed E-state index contributed by atoms with van der Waals surface area (Å²) in [5.41, 5.74) is 3.75. The number of rotatable bonds is 5. The van der Waals surface area contributed by atoms with Crippen LogP contribution < -0.4 is 15.4 Å². The van der Waals surface area contributed by atoms with Gasteiger partial charge in [0.2, 0.25) is 0 Å². The molecule has 0 saturated carbocycles. The van der Waals surface area contributed by atoms with E-state index in [2.05, 4.69) is 21.7 Å². The topological polar surface area (TPSA) is 93.5 Å². The smallest absolute Gasteiger partial charge is 0.291 e. The lowest BCUT2D eigenvalue weighted by atomic mass is 10.1. The Hall–Kier alpha value is -3.43. The Morgan fingerprint density at radius 2 is 2.03 bits per heavy atom. The third kappa shape index (κ3) is 3.97. The van der Waals surface area contributed by atoms with Crippen molar-refractivity contribution >= 4 is 44.6 Å². The summed E-state index contributed by atoms with van der Waals surface area (Å²) in [5, 5.41) is 8.62. The summed E-state index contributed by atoms with van der Waals surface area (Å²) in [5.74, 6) is 0.521. The van der Waals surface area contributed by atoms with E-state index in [9.17, 15) is 9.59 Å². The van der Waals surface area contributed by atoms with Gasteiger partial charge >= 0.3 is 0 Å². The minimum absolute atomic E-state index is 0.213. The van der Waals surface area contributed by atoms with Gasteiger partial charge in [-0.25, -0.2) is 4.98 Å². The van der Waals surface area contributed by atoms with Crippen LogP contribution in [-0.2, 0) is 6.42 Å². The lowest BCUT2D eigenvalue weighted by Crippen LogP contribution is -2.11. The minimum Gasteiger partial charge on any atom is -0.493 e. The van der Waals surface area contributed by atoms with Crippen LogP contribution >= 0.6 is 22.7 Å². The van der Waals surface area contributed by atoms with Crippen molar-refractivity contribution in [2.24, 2.45) is 0 Å². The minimum atomic E-state index is -0.359. The number of thiazole rings is 1. The van der Waals surface area contributed by atoms with Gasteiger partial charge in [0, 0.05) is 17.4 Å². The van der Waals surface area contributed by atoms with Gasteiger partial charge in [0.05, 0.1) is 28.4 Å². The number of thiophene rings is 1. The number of amides is 2. The number of nitrogens with one attached hydrogen (secondary N) is 2. The number of ether oxygens (including phenoxy) is 1. The van der Waals surface area contributed by atoms with Crippen molar-refractivity contribution < 1.29 is 18.7 Å². The monoisotopic (exact) mass is 451 g/mol. The third-order valence-electron chi connectivity index (χ3n) is 4.82. The number of aromatic nitrogens is 1. The summed E-state index contributed by atoms with van der Waals surface area (Å²) >= 11 is 2.58. The second-order valence-corrected chi connectivity index (χ2v) is 8.88. The molecule has 1 aromatic carbocycles. The average molecular weight is 452 g/mol. The standard InChI is InChI=1S/C22H17N3O4S2/c1-12-9-18(24-20(26)17-3-2-7-28-17)31-19(12)21(27)25-22-23-15(11-30-22)13-4-5-16-14(10-13)6-8-29-16/h2-5,7,9-11H,6,8H2,1H3,(H,24,26)(H,23,25,27). The van der Waals surface area contributed by atoms with E-state index in [1.807, 2.05) is 24.4 Å². The van der Waals surface area contributed by atoms with Gasteiger partial charge in [0.25, 0.3) is 11.8 Å². The number of hydrogen-bond acceptors (Lipinski definition) is 7. The molecule has 0 spiro atoms. The van der Waals surface area contributed by atoms with Gasteiger partial charge in [-0.15, -0.1) is 22.7 Å². The highest BCUT2D eigenvalue weighted by molar-refractivity contribution is 7.18. The van der Waals surface area contributed by atoms with Crippen LogP contribution in [0.3, 0.4) is 0 Å². The maximum Gasteiger partial charge on any atom is 0.291 e. The first-order valence-electron chi connectivity index (χ1n) is 9.55. The van der Waals surface area contributed by atoms with Gasteiger partial charge in [-0.1, -0.05) is 0 Å². The summed E-state index contributed by atoms with van der Waals surface area (Å²) in [6.45, 7) is 2.54. The number of carbonyl (C=O) groups is 2. The number of hydrogen-bond donors (Lipinski definition) is 2. The molecule has 3 aromatic heterocycles. The average Bonchev–Trinajstić information content (AvgIpc) is 3.54. The first-order valence-corrected chi connectivity index (χ1v) is 11.2. The number of benzene rings is 1. The van der Waals surface area contributed by atoms with Crippen LogP contribution in [0.4, 0.5) is 10.1 Å². The fourth-order valence-electron chi connectivity index (χ4n) is 3.31. The summed E-state index contributed by atoms with van der Waals surface area (Å²) in [6.07, 6.45) is 2.33. The Labute approximate surface area is 185 Å². The third-order valence-corrected chi connectivity index (χ3v) is 6.72. The molecule has 9 heteroatoms. The quantitative estimate of drug-likeness (QED) is 0.434. The van der Waals surface area contributed by atoms with Gasteiger partial charge in [-0.05, 0) is 54.4 Å². The zero-order valence-corrected chi connectivity index (χ0v) is 18.1. The molecule has 4 heterocycles. The zero-order valence-electron chi connectivity index (χ0n) is 16.4. The van der Waals surface area contributed by atoms with Crippen LogP contribution in [0.5, 0.6) is 5.75 Å². The summed E-state index contributed by atoms with van der Waals surface area (Å²) in [7, 11) is 0. The second kappa shape index (κ2) is 8.01. The maximum atomic E-state index is 12.8. The van der Waals surface area contributed by atoms with E-state index in [1.165, 1.54) is 34.5 Å². The second-order valence-electron chi connectivity index (χ2n) is 6.97. The molecule has 5 rings (SSSR count). The van der Waals surface area contributed by atoms with E-state index < -0.39 is 0 Å². The Morgan fingerprint density at radius 3 is 2.87 bits per heavy atom. The Balaban J connectivity index is 1.28. The molecule has 0 fully saturated rings. The lowest BCUT2D eigenvalue weighted by molar-refractivity contribution is 0.0995. The van der Waals surface area contributed by atoms with Gasteiger partial charge in [0.1, 0.15) is 5.75 Å². The van der Waals surface area contributed by atoms with Crippen molar-refractivity contribution in [1.29, 1.82) is 0 Å². The molecule has 31 heavy (non-hydrogen) atoms. The van der Waals surface area contributed by atoms with E-state index in [4.69, 9.17) is 9.15 Å². The number of furan rings is 1. The van der Waals surface area contributed by atoms with Crippen LogP contribution in [-0.4, -0.2) is 23.4 Å². The molecule has 1 aliphatic heterocycles. The highest BCUT2D eigenvalue weighted by Gasteiger charge is 2.18. The van der Waals surface area contributed by atoms with E-state index in [0.717, 1.165) is 29.0 Å². The molecule has 0 saturated heterocycles. The van der Waals surface area contributed by atoms with E-state index in [1.54, 1.807) is 18.2 Å². The zero-order chi connectivity index (χ0) is 21.4. The van der Waals surface area contributed by atoms with Crippen molar-refractivity contribution in [2.45, 2.75) is 13.3 Å².